The molecule has 2 fully saturated rings. The number of nitrogens with zero attached hydrogens (tertiary/aromatic N) is 1. The van der Waals surface area contributed by atoms with Gasteiger partial charge in [-0.15, -0.1) is 0 Å². The molecule has 2 amide bonds. The Morgan fingerprint density at radius 2 is 2.11 bits per heavy atom. The Morgan fingerprint density at radius 1 is 1.32 bits per heavy atom. The Balaban J connectivity index is 1.80. The van der Waals surface area contributed by atoms with Crippen LogP contribution >= 0.6 is 0 Å². The summed E-state index contributed by atoms with van der Waals surface area (Å²) in [6.07, 6.45) is 2.39. The van der Waals surface area contributed by atoms with E-state index < -0.39 is 6.09 Å². The molecule has 2 aliphatic heterocycles. The molecular weight excluding hydrogens is 246 g/mol. The molecule has 3 unspecified atom stereocenters. The first-order valence-electron chi connectivity index (χ1n) is 6.96. The highest BCUT2D eigenvalue weighted by Crippen LogP contribution is 2.19. The Labute approximate surface area is 113 Å². The molecular formula is C13H23N3O3. The molecule has 0 aromatic heterocycles. The van der Waals surface area contributed by atoms with Crippen LogP contribution in [0.1, 0.15) is 26.2 Å². The summed E-state index contributed by atoms with van der Waals surface area (Å²) in [5, 5.41) is 6.10. The van der Waals surface area contributed by atoms with Gasteiger partial charge in [-0.25, -0.2) is 4.79 Å². The number of rotatable bonds is 2. The number of alkyl carbamates (subject to hydrolysis) is 1. The minimum absolute atomic E-state index is 0.0203. The molecule has 2 rings (SSSR count). The van der Waals surface area contributed by atoms with Gasteiger partial charge < -0.3 is 20.3 Å². The summed E-state index contributed by atoms with van der Waals surface area (Å²) in [6.45, 7) is 4.23. The minimum Gasteiger partial charge on any atom is -0.453 e. The third-order valence-electron chi connectivity index (χ3n) is 4.02. The van der Waals surface area contributed by atoms with E-state index in [1.54, 1.807) is 0 Å². The van der Waals surface area contributed by atoms with Gasteiger partial charge in [0.2, 0.25) is 5.91 Å². The van der Waals surface area contributed by atoms with E-state index in [1.807, 2.05) is 4.90 Å². The smallest absolute Gasteiger partial charge is 0.407 e. The number of carbonyl (C=O) groups is 2. The van der Waals surface area contributed by atoms with E-state index in [-0.39, 0.29) is 17.9 Å². The molecule has 2 heterocycles. The van der Waals surface area contributed by atoms with E-state index in [4.69, 9.17) is 0 Å². The molecule has 2 N–H and O–H groups in total. The van der Waals surface area contributed by atoms with E-state index >= 15 is 0 Å². The third kappa shape index (κ3) is 3.59. The van der Waals surface area contributed by atoms with Gasteiger partial charge in [-0.2, -0.15) is 0 Å². The van der Waals surface area contributed by atoms with E-state index in [9.17, 15) is 9.59 Å². The number of nitrogens with one attached hydrogen (secondary N) is 2. The highest BCUT2D eigenvalue weighted by Gasteiger charge is 2.33. The van der Waals surface area contributed by atoms with Crippen molar-refractivity contribution in [2.24, 2.45) is 5.92 Å². The molecule has 3 atom stereocenters. The summed E-state index contributed by atoms with van der Waals surface area (Å²) in [5.74, 6) is 0.307. The summed E-state index contributed by atoms with van der Waals surface area (Å²) in [5.41, 5.74) is 0. The number of piperidine rings is 1. The lowest BCUT2D eigenvalue weighted by atomic mass is 9.94. The van der Waals surface area contributed by atoms with E-state index in [1.165, 1.54) is 7.11 Å². The van der Waals surface area contributed by atoms with Gasteiger partial charge in [-0.1, -0.05) is 0 Å². The molecule has 0 aliphatic carbocycles. The van der Waals surface area contributed by atoms with Crippen molar-refractivity contribution >= 4 is 12.0 Å². The van der Waals surface area contributed by atoms with Gasteiger partial charge in [-0.3, -0.25) is 4.79 Å². The molecule has 0 aromatic rings. The monoisotopic (exact) mass is 269 g/mol. The van der Waals surface area contributed by atoms with Crippen molar-refractivity contribution < 1.29 is 14.3 Å². The summed E-state index contributed by atoms with van der Waals surface area (Å²) in [4.78, 5) is 25.3. The van der Waals surface area contributed by atoms with Crippen molar-refractivity contribution in [2.75, 3.05) is 26.7 Å². The number of hydrogen-bond donors (Lipinski definition) is 2. The fraction of sp³-hybridized carbons (Fsp3) is 0.846. The van der Waals surface area contributed by atoms with Gasteiger partial charge in [0.15, 0.2) is 0 Å². The van der Waals surface area contributed by atoms with Crippen LogP contribution in [-0.4, -0.2) is 55.7 Å². The predicted octanol–water partition coefficient (Wildman–Crippen LogP) is 0.331. The number of carbonyl (C=O) groups excluding carboxylic acids is 2. The van der Waals surface area contributed by atoms with Crippen LogP contribution in [0.15, 0.2) is 0 Å². The minimum atomic E-state index is -0.424. The Hall–Kier alpha value is -1.30. The summed E-state index contributed by atoms with van der Waals surface area (Å²) < 4.78 is 4.57. The van der Waals surface area contributed by atoms with Crippen LogP contribution in [0.4, 0.5) is 4.79 Å². The number of likely N-dealkylation sites (tertiary alicyclic amines) is 1. The van der Waals surface area contributed by atoms with Crippen molar-refractivity contribution in [2.45, 2.75) is 38.3 Å². The van der Waals surface area contributed by atoms with Crippen molar-refractivity contribution in [3.63, 3.8) is 0 Å². The number of hydrogen-bond acceptors (Lipinski definition) is 4. The second kappa shape index (κ2) is 6.23. The van der Waals surface area contributed by atoms with E-state index in [0.717, 1.165) is 32.4 Å². The second-order valence-corrected chi connectivity index (χ2v) is 5.49. The predicted molar refractivity (Wildman–Crippen MR) is 70.7 cm³/mol. The SMILES string of the molecule is COC(=O)NC1CCN(C(=O)C2CCC(C)NC2)C1. The Bertz CT molecular complexity index is 340. The number of methoxy groups -OCH3 is 1. The van der Waals surface area contributed by atoms with Gasteiger partial charge in [-0.05, 0) is 26.2 Å². The molecule has 6 heteroatoms. The Kier molecular flexibility index (Phi) is 4.63. The lowest BCUT2D eigenvalue weighted by molar-refractivity contribution is -0.135. The average Bonchev–Trinajstić information content (AvgIpc) is 2.87. The zero-order valence-corrected chi connectivity index (χ0v) is 11.6. The molecule has 0 aromatic carbocycles. The molecule has 19 heavy (non-hydrogen) atoms. The standard InChI is InChI=1S/C13H23N3O3/c1-9-3-4-10(7-14-9)12(17)16-6-5-11(8-16)15-13(18)19-2/h9-11,14H,3-8H2,1-2H3,(H,15,18). The number of amides is 2. The number of ether oxygens (including phenoxy) is 1. The van der Waals surface area contributed by atoms with Gasteiger partial charge in [0.05, 0.1) is 19.1 Å². The maximum absolute atomic E-state index is 12.3. The maximum Gasteiger partial charge on any atom is 0.407 e. The van der Waals surface area contributed by atoms with Crippen molar-refractivity contribution in [1.82, 2.24) is 15.5 Å². The lowest BCUT2D eigenvalue weighted by Crippen LogP contribution is -2.46. The molecule has 0 bridgehead atoms. The average molecular weight is 269 g/mol. The molecule has 0 radical (unpaired) electrons. The van der Waals surface area contributed by atoms with Crippen LogP contribution in [0, 0.1) is 5.92 Å². The summed E-state index contributed by atoms with van der Waals surface area (Å²) in [6, 6.07) is 0.531. The summed E-state index contributed by atoms with van der Waals surface area (Å²) in [7, 11) is 1.35. The van der Waals surface area contributed by atoms with E-state index in [2.05, 4.69) is 22.3 Å². The van der Waals surface area contributed by atoms with Gasteiger partial charge >= 0.3 is 6.09 Å². The fourth-order valence-electron chi connectivity index (χ4n) is 2.77. The molecule has 2 saturated heterocycles. The largest absolute Gasteiger partial charge is 0.453 e. The van der Waals surface area contributed by atoms with Crippen LogP contribution in [0.25, 0.3) is 0 Å². The van der Waals surface area contributed by atoms with Crippen LogP contribution in [-0.2, 0) is 9.53 Å². The molecule has 0 spiro atoms. The highest BCUT2D eigenvalue weighted by atomic mass is 16.5. The quantitative estimate of drug-likeness (QED) is 0.758. The molecule has 6 nitrogen and oxygen atoms in total. The summed E-state index contributed by atoms with van der Waals surface area (Å²) >= 11 is 0. The topological polar surface area (TPSA) is 70.7 Å². The first-order valence-corrected chi connectivity index (χ1v) is 6.96. The maximum atomic E-state index is 12.3. The van der Waals surface area contributed by atoms with Crippen LogP contribution in [0.5, 0.6) is 0 Å². The highest BCUT2D eigenvalue weighted by molar-refractivity contribution is 5.79. The molecule has 2 aliphatic rings. The molecule has 108 valence electrons. The van der Waals surface area contributed by atoms with Gasteiger partial charge in [0.25, 0.3) is 0 Å². The third-order valence-corrected chi connectivity index (χ3v) is 4.02. The lowest BCUT2D eigenvalue weighted by Gasteiger charge is -2.30. The van der Waals surface area contributed by atoms with Crippen LogP contribution in [0.2, 0.25) is 0 Å². The second-order valence-electron chi connectivity index (χ2n) is 5.49. The van der Waals surface area contributed by atoms with Crippen LogP contribution < -0.4 is 10.6 Å². The zero-order chi connectivity index (χ0) is 13.8. The Morgan fingerprint density at radius 3 is 2.74 bits per heavy atom. The van der Waals surface area contributed by atoms with Gasteiger partial charge in [0, 0.05) is 25.7 Å². The van der Waals surface area contributed by atoms with Gasteiger partial charge in [0.1, 0.15) is 0 Å². The van der Waals surface area contributed by atoms with Crippen LogP contribution in [0.3, 0.4) is 0 Å². The van der Waals surface area contributed by atoms with Crippen molar-refractivity contribution in [3.8, 4) is 0 Å². The zero-order valence-electron chi connectivity index (χ0n) is 11.6. The van der Waals surface area contributed by atoms with Crippen molar-refractivity contribution in [3.05, 3.63) is 0 Å². The normalized spacial score (nSPS) is 31.1. The molecule has 0 saturated carbocycles. The van der Waals surface area contributed by atoms with Crippen molar-refractivity contribution in [1.29, 1.82) is 0 Å². The fourth-order valence-corrected chi connectivity index (χ4v) is 2.77. The first-order chi connectivity index (χ1) is 9.10. The van der Waals surface area contributed by atoms with E-state index in [0.29, 0.717) is 12.6 Å². The first kappa shape index (κ1) is 14.1.